The minimum atomic E-state index is -1.10. The lowest BCUT2D eigenvalue weighted by atomic mass is 10.1. The summed E-state index contributed by atoms with van der Waals surface area (Å²) in [5.41, 5.74) is 2.62. The van der Waals surface area contributed by atoms with Crippen LogP contribution in [0.1, 0.15) is 16.7 Å². The molecule has 0 saturated heterocycles. The summed E-state index contributed by atoms with van der Waals surface area (Å²) >= 11 is 3.71. The van der Waals surface area contributed by atoms with E-state index >= 15 is 0 Å². The van der Waals surface area contributed by atoms with E-state index in [1.54, 1.807) is 7.11 Å². The van der Waals surface area contributed by atoms with Crippen molar-refractivity contribution in [1.82, 2.24) is 0 Å². The molecule has 0 aromatic heterocycles. The maximum absolute atomic E-state index is 9.10. The highest BCUT2D eigenvalue weighted by molar-refractivity contribution is 9.10. The molecule has 7 heteroatoms. The summed E-state index contributed by atoms with van der Waals surface area (Å²) in [6, 6.07) is 8.79. The minimum absolute atomic E-state index is 0.158. The van der Waals surface area contributed by atoms with E-state index < -0.39 is 8.07 Å². The fraction of sp³-hybridized carbons (Fsp3) is 0.360. The minimum Gasteiger partial charge on any atom is -0.493 e. The Kier molecular flexibility index (Phi) is 8.30. The molecule has 2 aromatic rings. The fourth-order valence-electron chi connectivity index (χ4n) is 3.25. The molecule has 5 nitrogen and oxygen atoms in total. The van der Waals surface area contributed by atoms with E-state index in [9.17, 15) is 0 Å². The number of aliphatic hydroxyl groups is 1. The summed E-state index contributed by atoms with van der Waals surface area (Å²) < 4.78 is 23.8. The molecule has 0 spiro atoms. The number of benzene rings is 2. The van der Waals surface area contributed by atoms with Crippen LogP contribution >= 0.6 is 15.9 Å². The van der Waals surface area contributed by atoms with Crippen molar-refractivity contribution in [3.8, 4) is 34.8 Å². The smallest absolute Gasteiger partial charge is 0.231 e. The van der Waals surface area contributed by atoms with Crippen LogP contribution in [0, 0.1) is 11.8 Å². The van der Waals surface area contributed by atoms with Gasteiger partial charge in [0.15, 0.2) is 23.0 Å². The quantitative estimate of drug-likeness (QED) is 0.283. The second-order valence-electron chi connectivity index (χ2n) is 8.58. The maximum Gasteiger partial charge on any atom is 0.231 e. The van der Waals surface area contributed by atoms with Crippen LogP contribution in [-0.4, -0.2) is 33.7 Å². The average Bonchev–Trinajstić information content (AvgIpc) is 3.23. The average molecular weight is 517 g/mol. The van der Waals surface area contributed by atoms with E-state index in [4.69, 9.17) is 24.1 Å². The number of halogens is 1. The van der Waals surface area contributed by atoms with Gasteiger partial charge in [-0.25, -0.2) is 0 Å². The molecule has 0 unspecified atom stereocenters. The first-order valence-corrected chi connectivity index (χ1v) is 15.0. The van der Waals surface area contributed by atoms with E-state index in [0.717, 1.165) is 33.6 Å². The number of allylic oxidation sites excluding steroid dienone is 2. The van der Waals surface area contributed by atoms with E-state index in [0.29, 0.717) is 23.0 Å². The Bertz CT molecular complexity index is 1050. The largest absolute Gasteiger partial charge is 0.493 e. The molecule has 3 rings (SSSR count). The van der Waals surface area contributed by atoms with Gasteiger partial charge in [-0.2, -0.15) is 0 Å². The molecule has 170 valence electrons. The predicted octanol–water partition coefficient (Wildman–Crippen LogP) is 5.55. The van der Waals surface area contributed by atoms with Crippen molar-refractivity contribution in [3.63, 3.8) is 0 Å². The third-order valence-electron chi connectivity index (χ3n) is 4.90. The molecule has 1 aliphatic rings. The molecule has 0 saturated carbocycles. The number of hydrogen-bond acceptors (Lipinski definition) is 5. The molecule has 32 heavy (non-hydrogen) atoms. The molecule has 2 aromatic carbocycles. The Morgan fingerprint density at radius 3 is 2.69 bits per heavy atom. The first-order valence-electron chi connectivity index (χ1n) is 10.5. The second-order valence-corrected chi connectivity index (χ2v) is 14.9. The van der Waals surface area contributed by atoms with E-state index in [-0.39, 0.29) is 20.0 Å². The molecule has 1 heterocycles. The van der Waals surface area contributed by atoms with Crippen molar-refractivity contribution in [3.05, 3.63) is 57.6 Å². The highest BCUT2D eigenvalue weighted by atomic mass is 79.9. The van der Waals surface area contributed by atoms with Crippen LogP contribution in [0.4, 0.5) is 0 Å². The van der Waals surface area contributed by atoms with Gasteiger partial charge in [-0.1, -0.05) is 49.7 Å². The topological polar surface area (TPSA) is 57.2 Å². The Balaban J connectivity index is 1.86. The van der Waals surface area contributed by atoms with Crippen LogP contribution in [0.5, 0.6) is 23.0 Å². The number of hydrogen-bond donors (Lipinski definition) is 1. The first-order chi connectivity index (χ1) is 15.3. The van der Waals surface area contributed by atoms with E-state index in [1.807, 2.05) is 24.3 Å². The zero-order valence-electron chi connectivity index (χ0n) is 19.0. The number of rotatable bonds is 8. The Morgan fingerprint density at radius 1 is 1.16 bits per heavy atom. The SMILES string of the molecule is COc1ccc(C/C=C\C[Si](C)(C)C)c(Br)c1OCc1c(C#CCO)ccc2c1OCO2. The molecule has 1 N–H and O–H groups in total. The predicted molar refractivity (Wildman–Crippen MR) is 133 cm³/mol. The zero-order valence-corrected chi connectivity index (χ0v) is 21.5. The number of aliphatic hydroxyl groups excluding tert-OH is 1. The van der Waals surface area contributed by atoms with Gasteiger partial charge < -0.3 is 24.1 Å². The number of ether oxygens (including phenoxy) is 4. The summed E-state index contributed by atoms with van der Waals surface area (Å²) in [5, 5.41) is 9.10. The van der Waals surface area contributed by atoms with E-state index in [2.05, 4.69) is 59.6 Å². The standard InChI is InChI=1S/C25H29BrO5Si/c1-28-21-12-11-19(8-5-6-15-32(2,3)4)23(26)25(21)29-16-20-18(9-7-14-27)10-13-22-24(20)31-17-30-22/h5-6,10-13,27H,8,14-17H2,1-4H3/b6-5-. The molecule has 1 aliphatic heterocycles. The summed E-state index contributed by atoms with van der Waals surface area (Å²) in [6.07, 6.45) is 5.29. The normalized spacial score (nSPS) is 12.6. The molecular weight excluding hydrogens is 488 g/mol. The van der Waals surface area contributed by atoms with Gasteiger partial charge in [0, 0.05) is 13.6 Å². The van der Waals surface area contributed by atoms with Crippen LogP contribution < -0.4 is 18.9 Å². The van der Waals surface area contributed by atoms with E-state index in [1.165, 1.54) is 0 Å². The summed E-state index contributed by atoms with van der Waals surface area (Å²) in [5.74, 6) is 8.20. The van der Waals surface area contributed by atoms with Gasteiger partial charge in [-0.15, -0.1) is 0 Å². The lowest BCUT2D eigenvalue weighted by Crippen LogP contribution is -2.17. The monoisotopic (exact) mass is 516 g/mol. The molecule has 0 bridgehead atoms. The van der Waals surface area contributed by atoms with Crippen LogP contribution in [0.15, 0.2) is 40.9 Å². The maximum atomic E-state index is 9.10. The van der Waals surface area contributed by atoms with Gasteiger partial charge in [-0.05, 0) is 52.2 Å². The first kappa shape index (κ1) is 24.2. The zero-order chi connectivity index (χ0) is 23.1. The van der Waals surface area contributed by atoms with Crippen LogP contribution in [-0.2, 0) is 13.0 Å². The molecule has 0 radical (unpaired) electrons. The van der Waals surface area contributed by atoms with Crippen molar-refractivity contribution in [2.45, 2.75) is 38.7 Å². The van der Waals surface area contributed by atoms with Gasteiger partial charge in [-0.3, -0.25) is 0 Å². The van der Waals surface area contributed by atoms with Crippen molar-refractivity contribution in [2.24, 2.45) is 0 Å². The summed E-state index contributed by atoms with van der Waals surface area (Å²) in [4.78, 5) is 0. The van der Waals surface area contributed by atoms with Crippen LogP contribution in [0.25, 0.3) is 0 Å². The third kappa shape index (κ3) is 6.09. The van der Waals surface area contributed by atoms with Crippen LogP contribution in [0.2, 0.25) is 25.7 Å². The molecule has 0 fully saturated rings. The summed E-state index contributed by atoms with van der Waals surface area (Å²) in [7, 11) is 0.522. The third-order valence-corrected chi connectivity index (χ3v) is 7.23. The highest BCUT2D eigenvalue weighted by Gasteiger charge is 2.22. The Morgan fingerprint density at radius 2 is 1.97 bits per heavy atom. The fourth-order valence-corrected chi connectivity index (χ4v) is 4.73. The second kappa shape index (κ2) is 11.0. The molecular formula is C25H29BrO5Si. The van der Waals surface area contributed by atoms with Gasteiger partial charge in [0.2, 0.25) is 6.79 Å². The molecule has 0 amide bonds. The molecule has 0 aliphatic carbocycles. The van der Waals surface area contributed by atoms with Gasteiger partial charge >= 0.3 is 0 Å². The lowest BCUT2D eigenvalue weighted by Gasteiger charge is -2.16. The van der Waals surface area contributed by atoms with Crippen molar-refractivity contribution in [1.29, 1.82) is 0 Å². The lowest BCUT2D eigenvalue weighted by molar-refractivity contribution is 0.171. The highest BCUT2D eigenvalue weighted by Crippen LogP contribution is 2.41. The van der Waals surface area contributed by atoms with Crippen molar-refractivity contribution in [2.75, 3.05) is 20.5 Å². The Labute approximate surface area is 199 Å². The van der Waals surface area contributed by atoms with Gasteiger partial charge in [0.25, 0.3) is 0 Å². The summed E-state index contributed by atoms with van der Waals surface area (Å²) in [6.45, 7) is 7.24. The molecule has 0 atom stereocenters. The van der Waals surface area contributed by atoms with Gasteiger partial charge in [0.05, 0.1) is 17.1 Å². The number of fused-ring (bicyclic) bond motifs is 1. The van der Waals surface area contributed by atoms with Crippen molar-refractivity contribution < 1.29 is 24.1 Å². The van der Waals surface area contributed by atoms with Crippen LogP contribution in [0.3, 0.4) is 0 Å². The Hall–Kier alpha value is -2.40. The van der Waals surface area contributed by atoms with Crippen molar-refractivity contribution >= 4 is 24.0 Å². The van der Waals surface area contributed by atoms with Gasteiger partial charge in [0.1, 0.15) is 13.2 Å². The number of methoxy groups -OCH3 is 1.